The SMILES string of the molecule is CCCCCCCCCCCCCCCCCC(=O)OC[C@@H]1CCP(=O)([O-])O1. The number of unbranched alkanes of at least 4 members (excludes halogenated alkanes) is 14. The average Bonchev–Trinajstić information content (AvgIpc) is 3.02. The largest absolute Gasteiger partial charge is 0.778 e. The molecule has 0 N–H and O–H groups in total. The smallest absolute Gasteiger partial charge is 0.305 e. The number of carbonyl (C=O) groups excluding carboxylic acids is 1. The number of hydrogen-bond donors (Lipinski definition) is 0. The van der Waals surface area contributed by atoms with E-state index < -0.39 is 13.7 Å². The first-order chi connectivity index (χ1) is 13.5. The Kier molecular flexibility index (Phi) is 15.0. The Morgan fingerprint density at radius 3 is 1.79 bits per heavy atom. The molecule has 1 saturated heterocycles. The molecule has 1 unspecified atom stereocenters. The van der Waals surface area contributed by atoms with Crippen LogP contribution in [0.2, 0.25) is 0 Å². The highest BCUT2D eigenvalue weighted by atomic mass is 31.2. The van der Waals surface area contributed by atoms with E-state index >= 15 is 0 Å². The van der Waals surface area contributed by atoms with E-state index in [1.165, 1.54) is 83.5 Å². The van der Waals surface area contributed by atoms with Gasteiger partial charge in [-0.3, -0.25) is 4.79 Å². The van der Waals surface area contributed by atoms with Crippen molar-refractivity contribution in [2.75, 3.05) is 12.8 Å². The summed E-state index contributed by atoms with van der Waals surface area (Å²) in [5.41, 5.74) is 0. The van der Waals surface area contributed by atoms with Gasteiger partial charge < -0.3 is 18.7 Å². The second kappa shape index (κ2) is 16.4. The normalized spacial score (nSPS) is 21.9. The van der Waals surface area contributed by atoms with Crippen LogP contribution in [0.15, 0.2) is 0 Å². The molecule has 2 atom stereocenters. The Bertz CT molecular complexity index is 441. The summed E-state index contributed by atoms with van der Waals surface area (Å²) in [4.78, 5) is 22.8. The van der Waals surface area contributed by atoms with Crippen LogP contribution >= 0.6 is 7.60 Å². The number of esters is 1. The van der Waals surface area contributed by atoms with E-state index in [0.29, 0.717) is 12.8 Å². The summed E-state index contributed by atoms with van der Waals surface area (Å²) in [6.07, 6.45) is 19.9. The molecular formula is C22H42O5P-. The molecule has 0 aromatic rings. The van der Waals surface area contributed by atoms with E-state index in [1.807, 2.05) is 0 Å². The van der Waals surface area contributed by atoms with E-state index in [-0.39, 0.29) is 18.7 Å². The average molecular weight is 418 g/mol. The maximum atomic E-state index is 11.7. The molecule has 0 aliphatic carbocycles. The third-order valence-electron chi connectivity index (χ3n) is 5.45. The van der Waals surface area contributed by atoms with E-state index in [9.17, 15) is 14.3 Å². The Hall–Kier alpha value is -0.380. The highest BCUT2D eigenvalue weighted by Gasteiger charge is 2.27. The summed E-state index contributed by atoms with van der Waals surface area (Å²) >= 11 is 0. The van der Waals surface area contributed by atoms with Gasteiger partial charge in [0.05, 0.1) is 6.10 Å². The molecule has 1 aliphatic heterocycles. The quantitative estimate of drug-likeness (QED) is 0.152. The van der Waals surface area contributed by atoms with Crippen molar-refractivity contribution < 1.29 is 23.5 Å². The Morgan fingerprint density at radius 2 is 1.36 bits per heavy atom. The maximum Gasteiger partial charge on any atom is 0.305 e. The van der Waals surface area contributed by atoms with Crippen molar-refractivity contribution in [3.8, 4) is 0 Å². The molecule has 0 amide bonds. The predicted octanol–water partition coefficient (Wildman–Crippen LogP) is 6.13. The van der Waals surface area contributed by atoms with Crippen LogP contribution in [0.3, 0.4) is 0 Å². The molecule has 0 aromatic heterocycles. The Morgan fingerprint density at radius 1 is 0.893 bits per heavy atom. The molecule has 1 rings (SSSR count). The lowest BCUT2D eigenvalue weighted by Crippen LogP contribution is -2.18. The van der Waals surface area contributed by atoms with Crippen LogP contribution in [0.1, 0.15) is 116 Å². The summed E-state index contributed by atoms with van der Waals surface area (Å²) < 4.78 is 21.1. The molecule has 166 valence electrons. The molecule has 0 spiro atoms. The Balaban J connectivity index is 1.77. The van der Waals surface area contributed by atoms with Crippen molar-refractivity contribution in [2.24, 2.45) is 0 Å². The fraction of sp³-hybridized carbons (Fsp3) is 0.955. The van der Waals surface area contributed by atoms with Gasteiger partial charge in [0.25, 0.3) is 0 Å². The van der Waals surface area contributed by atoms with Gasteiger partial charge in [0.2, 0.25) is 0 Å². The van der Waals surface area contributed by atoms with Gasteiger partial charge in [0, 0.05) is 12.6 Å². The van der Waals surface area contributed by atoms with Crippen molar-refractivity contribution in [3.05, 3.63) is 0 Å². The van der Waals surface area contributed by atoms with Crippen molar-refractivity contribution in [1.82, 2.24) is 0 Å². The highest BCUT2D eigenvalue weighted by Crippen LogP contribution is 2.46. The fourth-order valence-corrected chi connectivity index (χ4v) is 4.98. The predicted molar refractivity (Wildman–Crippen MR) is 112 cm³/mol. The lowest BCUT2D eigenvalue weighted by Gasteiger charge is -2.17. The number of hydrogen-bond acceptors (Lipinski definition) is 5. The van der Waals surface area contributed by atoms with Crippen LogP contribution in [0.5, 0.6) is 0 Å². The van der Waals surface area contributed by atoms with Crippen LogP contribution < -0.4 is 4.89 Å². The number of rotatable bonds is 18. The minimum Gasteiger partial charge on any atom is -0.778 e. The Labute approximate surface area is 172 Å². The van der Waals surface area contributed by atoms with Crippen LogP contribution in [0, 0.1) is 0 Å². The molecule has 28 heavy (non-hydrogen) atoms. The summed E-state index contributed by atoms with van der Waals surface area (Å²) in [5, 5.41) is 0. The van der Waals surface area contributed by atoms with Gasteiger partial charge in [-0.05, 0) is 12.8 Å². The first-order valence-electron chi connectivity index (χ1n) is 11.7. The molecule has 1 fully saturated rings. The third kappa shape index (κ3) is 14.6. The van der Waals surface area contributed by atoms with Crippen molar-refractivity contribution in [3.63, 3.8) is 0 Å². The fourth-order valence-electron chi connectivity index (χ4n) is 3.65. The van der Waals surface area contributed by atoms with E-state index in [1.54, 1.807) is 0 Å². The van der Waals surface area contributed by atoms with Crippen LogP contribution in [-0.2, 0) is 18.6 Å². The van der Waals surface area contributed by atoms with Gasteiger partial charge in [-0.15, -0.1) is 0 Å². The van der Waals surface area contributed by atoms with Gasteiger partial charge in [-0.2, -0.15) is 0 Å². The third-order valence-corrected chi connectivity index (χ3v) is 6.87. The minimum absolute atomic E-state index is 0.0499. The van der Waals surface area contributed by atoms with Crippen molar-refractivity contribution in [1.29, 1.82) is 0 Å². The molecule has 0 saturated carbocycles. The van der Waals surface area contributed by atoms with Crippen LogP contribution in [0.25, 0.3) is 0 Å². The van der Waals surface area contributed by atoms with Crippen molar-refractivity contribution in [2.45, 2.75) is 122 Å². The summed E-state index contributed by atoms with van der Waals surface area (Å²) in [6.45, 7) is 2.32. The highest BCUT2D eigenvalue weighted by molar-refractivity contribution is 7.51. The van der Waals surface area contributed by atoms with Gasteiger partial charge in [-0.25, -0.2) is 0 Å². The first-order valence-corrected chi connectivity index (χ1v) is 13.4. The van der Waals surface area contributed by atoms with E-state index in [0.717, 1.165) is 12.8 Å². The van der Waals surface area contributed by atoms with Gasteiger partial charge in [-0.1, -0.05) is 96.8 Å². The maximum absolute atomic E-state index is 11.7. The lowest BCUT2D eigenvalue weighted by atomic mass is 10.0. The number of ether oxygens (including phenoxy) is 1. The summed E-state index contributed by atoms with van der Waals surface area (Å²) in [5.74, 6) is -0.245. The summed E-state index contributed by atoms with van der Waals surface area (Å²) in [7, 11) is -3.65. The first kappa shape index (κ1) is 25.7. The minimum atomic E-state index is -3.65. The van der Waals surface area contributed by atoms with Crippen LogP contribution in [0.4, 0.5) is 0 Å². The van der Waals surface area contributed by atoms with E-state index in [4.69, 9.17) is 9.26 Å². The molecule has 0 aromatic carbocycles. The zero-order valence-corrected chi connectivity index (χ0v) is 18.9. The molecule has 0 radical (unpaired) electrons. The summed E-state index contributed by atoms with van der Waals surface area (Å²) in [6, 6.07) is 0. The van der Waals surface area contributed by atoms with Gasteiger partial charge in [0.15, 0.2) is 0 Å². The van der Waals surface area contributed by atoms with Crippen LogP contribution in [-0.4, -0.2) is 24.8 Å². The van der Waals surface area contributed by atoms with Crippen molar-refractivity contribution >= 4 is 13.6 Å². The monoisotopic (exact) mass is 417 g/mol. The zero-order valence-electron chi connectivity index (χ0n) is 18.0. The second-order valence-corrected chi connectivity index (χ2v) is 10.1. The topological polar surface area (TPSA) is 75.7 Å². The molecule has 1 heterocycles. The lowest BCUT2D eigenvalue weighted by molar-refractivity contribution is -0.198. The van der Waals surface area contributed by atoms with E-state index in [2.05, 4.69) is 6.92 Å². The molecule has 0 bridgehead atoms. The standard InChI is InChI=1S/C22H43O5P/c1-2-3-4-5-6-7-8-9-10-11-12-13-14-15-16-17-22(23)26-20-21-18-19-28(24,25)27-21/h21H,2-20H2,1H3,(H,24,25)/p-1/t21-/m0/s1. The second-order valence-electron chi connectivity index (χ2n) is 8.23. The number of carbonyl (C=O) groups is 1. The zero-order chi connectivity index (χ0) is 20.5. The molecule has 1 aliphatic rings. The molecule has 5 nitrogen and oxygen atoms in total. The van der Waals surface area contributed by atoms with Gasteiger partial charge >= 0.3 is 5.97 Å². The van der Waals surface area contributed by atoms with Gasteiger partial charge in [0.1, 0.15) is 14.2 Å². The molecule has 6 heteroatoms. The molecular weight excluding hydrogens is 375 g/mol.